The summed E-state index contributed by atoms with van der Waals surface area (Å²) >= 11 is 0. The monoisotopic (exact) mass is 424 g/mol. The van der Waals surface area contributed by atoms with Crippen molar-refractivity contribution in [1.29, 1.82) is 0 Å². The molecule has 9 heteroatoms. The molecule has 0 saturated heterocycles. The van der Waals surface area contributed by atoms with E-state index in [1.165, 1.54) is 6.07 Å². The first kappa shape index (κ1) is 22.2. The zero-order valence-electron chi connectivity index (χ0n) is 17.8. The Morgan fingerprint density at radius 2 is 1.87 bits per heavy atom. The molecule has 0 spiro atoms. The molecule has 164 valence electrons. The fourth-order valence-electron chi connectivity index (χ4n) is 4.44. The molecule has 2 aromatic rings. The van der Waals surface area contributed by atoms with Gasteiger partial charge in [0.2, 0.25) is 5.91 Å². The molecule has 1 aliphatic carbocycles. The van der Waals surface area contributed by atoms with Crippen LogP contribution in [0.25, 0.3) is 11.4 Å². The number of nitrogens with zero attached hydrogens (tertiary/aromatic N) is 3. The van der Waals surface area contributed by atoms with E-state index < -0.39 is 11.7 Å². The van der Waals surface area contributed by atoms with E-state index in [-0.39, 0.29) is 35.2 Å². The van der Waals surface area contributed by atoms with E-state index >= 15 is 0 Å². The van der Waals surface area contributed by atoms with Gasteiger partial charge in [0.1, 0.15) is 6.04 Å². The Kier molecular flexibility index (Phi) is 6.47. The van der Waals surface area contributed by atoms with Crippen molar-refractivity contribution in [2.24, 2.45) is 11.8 Å². The highest BCUT2D eigenvalue weighted by Gasteiger charge is 2.37. The van der Waals surface area contributed by atoms with Gasteiger partial charge in [-0.25, -0.2) is 0 Å². The predicted molar refractivity (Wildman–Crippen MR) is 105 cm³/mol. The highest BCUT2D eigenvalue weighted by atomic mass is 19.4. The van der Waals surface area contributed by atoms with E-state index in [1.807, 2.05) is 6.92 Å². The number of nitrogens with one attached hydrogen (secondary N) is 2. The lowest BCUT2D eigenvalue weighted by Crippen LogP contribution is -2.47. The number of H-pyrrole nitrogens is 1. The van der Waals surface area contributed by atoms with Crippen LogP contribution < -0.4 is 10.1 Å². The number of benzene rings is 1. The van der Waals surface area contributed by atoms with Gasteiger partial charge >= 0.3 is 12.0 Å². The minimum atomic E-state index is -4.43. The lowest BCUT2D eigenvalue weighted by Gasteiger charge is -2.28. The van der Waals surface area contributed by atoms with Crippen LogP contribution in [-0.2, 0) is 11.0 Å². The summed E-state index contributed by atoms with van der Waals surface area (Å²) in [5, 5.41) is 14.3. The molecule has 1 amide bonds. The number of amides is 1. The second-order valence-corrected chi connectivity index (χ2v) is 8.37. The molecular weight excluding hydrogens is 395 g/mol. The fraction of sp³-hybridized carbons (Fsp3) is 0.619. The van der Waals surface area contributed by atoms with Crippen molar-refractivity contribution < 1.29 is 22.8 Å². The van der Waals surface area contributed by atoms with E-state index in [0.717, 1.165) is 31.7 Å². The van der Waals surface area contributed by atoms with Crippen molar-refractivity contribution in [2.75, 3.05) is 7.05 Å². The largest absolute Gasteiger partial charge is 0.416 e. The normalized spacial score (nSPS) is 20.9. The lowest BCUT2D eigenvalue weighted by atomic mass is 9.78. The Hall–Kier alpha value is -2.45. The SMILES string of the molecule is CNC(=O)C1CCC(C(C)[n+]2nc(-c3cccc(C(F)(F)F)c3C(C)C)n[nH]2)CC1. The first-order chi connectivity index (χ1) is 14.1. The molecule has 1 heterocycles. The number of halogens is 3. The van der Waals surface area contributed by atoms with Gasteiger partial charge in [0.25, 0.3) is 0 Å². The number of aromatic nitrogens is 4. The van der Waals surface area contributed by atoms with Crippen LogP contribution in [-0.4, -0.2) is 28.4 Å². The molecule has 1 atom stereocenters. The molecule has 3 rings (SSSR count). The lowest BCUT2D eigenvalue weighted by molar-refractivity contribution is -0.829. The van der Waals surface area contributed by atoms with Crippen molar-refractivity contribution in [2.45, 2.75) is 64.6 Å². The Balaban J connectivity index is 1.83. The summed E-state index contributed by atoms with van der Waals surface area (Å²) in [5.41, 5.74) is -0.0489. The van der Waals surface area contributed by atoms with Gasteiger partial charge in [-0.15, -0.1) is 0 Å². The number of alkyl halides is 3. The number of aromatic amines is 1. The summed E-state index contributed by atoms with van der Waals surface area (Å²) in [7, 11) is 1.65. The van der Waals surface area contributed by atoms with E-state index in [4.69, 9.17) is 0 Å². The summed E-state index contributed by atoms with van der Waals surface area (Å²) in [6.07, 6.45) is -1.01. The number of carbonyl (C=O) groups excluding carboxylic acids is 1. The zero-order chi connectivity index (χ0) is 22.1. The maximum absolute atomic E-state index is 13.5. The number of hydrogen-bond donors (Lipinski definition) is 2. The van der Waals surface area contributed by atoms with E-state index in [1.54, 1.807) is 31.8 Å². The minimum absolute atomic E-state index is 0.00480. The topological polar surface area (TPSA) is 74.6 Å². The van der Waals surface area contributed by atoms with Gasteiger partial charge in [0.05, 0.1) is 16.2 Å². The minimum Gasteiger partial charge on any atom is -0.359 e. The quantitative estimate of drug-likeness (QED) is 0.712. The van der Waals surface area contributed by atoms with E-state index in [0.29, 0.717) is 11.5 Å². The number of carbonyl (C=O) groups is 1. The molecule has 2 N–H and O–H groups in total. The smallest absolute Gasteiger partial charge is 0.359 e. The van der Waals surface area contributed by atoms with Crippen molar-refractivity contribution in [3.8, 4) is 11.4 Å². The van der Waals surface area contributed by atoms with Crippen molar-refractivity contribution >= 4 is 5.91 Å². The molecule has 1 aromatic carbocycles. The van der Waals surface area contributed by atoms with E-state index in [2.05, 4.69) is 20.7 Å². The maximum Gasteiger partial charge on any atom is 0.416 e. The van der Waals surface area contributed by atoms with Crippen LogP contribution in [0.4, 0.5) is 13.2 Å². The standard InChI is InChI=1S/C21H28F3N5O/c1-12(2)18-16(6-5-7-17(18)21(22,23)24)19-26-28-29(27-19)13(3)14-8-10-15(11-9-14)20(30)25-4/h5-7,12-15H,8-11H2,1-4H3,(H,25,30)/p+1. The van der Waals surface area contributed by atoms with Crippen LogP contribution in [0.2, 0.25) is 0 Å². The van der Waals surface area contributed by atoms with Gasteiger partial charge in [-0.2, -0.15) is 13.2 Å². The molecule has 0 aliphatic heterocycles. The molecule has 30 heavy (non-hydrogen) atoms. The Labute approximate surface area is 174 Å². The third-order valence-electron chi connectivity index (χ3n) is 6.15. The van der Waals surface area contributed by atoms with Gasteiger partial charge in [-0.1, -0.05) is 24.7 Å². The summed E-state index contributed by atoms with van der Waals surface area (Å²) in [6, 6.07) is 4.14. The molecule has 1 aliphatic rings. The molecule has 6 nitrogen and oxygen atoms in total. The third kappa shape index (κ3) is 4.49. The molecule has 1 saturated carbocycles. The Morgan fingerprint density at radius 3 is 2.43 bits per heavy atom. The summed E-state index contributed by atoms with van der Waals surface area (Å²) in [4.78, 5) is 13.5. The van der Waals surface area contributed by atoms with Gasteiger partial charge in [-0.05, 0) is 66.5 Å². The predicted octanol–water partition coefficient (Wildman–Crippen LogP) is 4.01. The first-order valence-corrected chi connectivity index (χ1v) is 10.4. The van der Waals surface area contributed by atoms with Gasteiger partial charge in [0.15, 0.2) is 0 Å². The number of rotatable bonds is 5. The van der Waals surface area contributed by atoms with Crippen LogP contribution in [0.3, 0.4) is 0 Å². The van der Waals surface area contributed by atoms with Gasteiger partial charge in [-0.3, -0.25) is 4.79 Å². The van der Waals surface area contributed by atoms with Crippen LogP contribution in [0.15, 0.2) is 18.2 Å². The van der Waals surface area contributed by atoms with Crippen LogP contribution in [0.1, 0.15) is 69.5 Å². The molecular formula is C21H29F3N5O+. The Morgan fingerprint density at radius 1 is 1.20 bits per heavy atom. The van der Waals surface area contributed by atoms with Crippen molar-refractivity contribution in [3.05, 3.63) is 29.3 Å². The summed E-state index contributed by atoms with van der Waals surface area (Å²) in [6.45, 7) is 5.50. The highest BCUT2D eigenvalue weighted by Crippen LogP contribution is 2.39. The zero-order valence-corrected chi connectivity index (χ0v) is 17.8. The molecule has 1 aromatic heterocycles. The number of tetrazole rings is 1. The van der Waals surface area contributed by atoms with Gasteiger partial charge in [0, 0.05) is 18.9 Å². The second-order valence-electron chi connectivity index (χ2n) is 8.37. The van der Waals surface area contributed by atoms with Crippen LogP contribution >= 0.6 is 0 Å². The maximum atomic E-state index is 13.5. The summed E-state index contributed by atoms with van der Waals surface area (Å²) in [5.74, 6) is 0.384. The average Bonchev–Trinajstić information content (AvgIpc) is 3.21. The average molecular weight is 424 g/mol. The van der Waals surface area contributed by atoms with E-state index in [9.17, 15) is 18.0 Å². The highest BCUT2D eigenvalue weighted by molar-refractivity contribution is 5.78. The Bertz CT molecular complexity index is 885. The number of hydrogen-bond acceptors (Lipinski definition) is 3. The molecule has 0 radical (unpaired) electrons. The van der Waals surface area contributed by atoms with Crippen molar-refractivity contribution in [3.63, 3.8) is 0 Å². The third-order valence-corrected chi connectivity index (χ3v) is 6.15. The van der Waals surface area contributed by atoms with Crippen LogP contribution in [0.5, 0.6) is 0 Å². The molecule has 1 unspecified atom stereocenters. The second kappa shape index (κ2) is 8.73. The fourth-order valence-corrected chi connectivity index (χ4v) is 4.44. The molecule has 1 fully saturated rings. The summed E-state index contributed by atoms with van der Waals surface area (Å²) < 4.78 is 40.5. The van der Waals surface area contributed by atoms with Crippen LogP contribution in [0, 0.1) is 11.8 Å². The van der Waals surface area contributed by atoms with Gasteiger partial charge < -0.3 is 5.32 Å². The first-order valence-electron chi connectivity index (χ1n) is 10.4. The van der Waals surface area contributed by atoms with Crippen molar-refractivity contribution in [1.82, 2.24) is 20.7 Å². The molecule has 0 bridgehead atoms.